The number of carbonyl (C=O) groups is 1. The molecule has 0 spiro atoms. The normalized spacial score (nSPS) is 19.8. The number of amides is 1. The quantitative estimate of drug-likeness (QED) is 0.856. The van der Waals surface area contributed by atoms with Crippen LogP contribution in [0.1, 0.15) is 39.0 Å². The standard InChI is InChI=1S/C13H14ClN3O3/c1-6-8(14)12(19)17(11(6)18)10-7(5-15)9(20-16-10)13(2,3)4/h11,18H,1-4H3. The molecule has 0 saturated carbocycles. The number of anilines is 1. The van der Waals surface area contributed by atoms with E-state index < -0.39 is 17.6 Å². The molecule has 1 N–H and O–H groups in total. The highest BCUT2D eigenvalue weighted by Crippen LogP contribution is 2.36. The van der Waals surface area contributed by atoms with Crippen molar-refractivity contribution in [2.75, 3.05) is 4.90 Å². The number of nitriles is 1. The highest BCUT2D eigenvalue weighted by Gasteiger charge is 2.41. The molecule has 1 atom stereocenters. The first-order valence-corrected chi connectivity index (χ1v) is 6.36. The van der Waals surface area contributed by atoms with Crippen molar-refractivity contribution in [3.05, 3.63) is 21.9 Å². The van der Waals surface area contributed by atoms with Crippen LogP contribution in [0.3, 0.4) is 0 Å². The van der Waals surface area contributed by atoms with Gasteiger partial charge in [0.2, 0.25) is 0 Å². The number of aliphatic hydroxyl groups is 1. The zero-order valence-corrected chi connectivity index (χ0v) is 12.3. The maximum Gasteiger partial charge on any atom is 0.273 e. The Morgan fingerprint density at radius 2 is 2.10 bits per heavy atom. The van der Waals surface area contributed by atoms with E-state index in [0.29, 0.717) is 11.3 Å². The van der Waals surface area contributed by atoms with Crippen LogP contribution in [0.2, 0.25) is 0 Å². The number of hydrogen-bond donors (Lipinski definition) is 1. The Balaban J connectivity index is 2.55. The van der Waals surface area contributed by atoms with Gasteiger partial charge in [-0.15, -0.1) is 0 Å². The number of halogens is 1. The third-order valence-electron chi connectivity index (χ3n) is 3.08. The Labute approximate surface area is 121 Å². The summed E-state index contributed by atoms with van der Waals surface area (Å²) in [6.45, 7) is 7.12. The molecule has 1 unspecified atom stereocenters. The largest absolute Gasteiger partial charge is 0.369 e. The van der Waals surface area contributed by atoms with Crippen molar-refractivity contribution in [1.29, 1.82) is 5.26 Å². The highest BCUT2D eigenvalue weighted by molar-refractivity contribution is 6.45. The fourth-order valence-corrected chi connectivity index (χ4v) is 2.15. The van der Waals surface area contributed by atoms with Crippen LogP contribution in [0, 0.1) is 11.3 Å². The maximum atomic E-state index is 12.0. The van der Waals surface area contributed by atoms with Crippen LogP contribution in [0.25, 0.3) is 0 Å². The van der Waals surface area contributed by atoms with Gasteiger partial charge in [0, 0.05) is 11.0 Å². The summed E-state index contributed by atoms with van der Waals surface area (Å²) in [5.74, 6) is -0.248. The first-order chi connectivity index (χ1) is 9.20. The van der Waals surface area contributed by atoms with E-state index in [4.69, 9.17) is 16.1 Å². The molecule has 0 aliphatic carbocycles. The average molecular weight is 296 g/mol. The fourth-order valence-electron chi connectivity index (χ4n) is 1.96. The first-order valence-electron chi connectivity index (χ1n) is 5.98. The smallest absolute Gasteiger partial charge is 0.273 e. The second-order valence-electron chi connectivity index (χ2n) is 5.62. The topological polar surface area (TPSA) is 90.4 Å². The minimum Gasteiger partial charge on any atom is -0.369 e. The Kier molecular flexibility index (Phi) is 3.36. The van der Waals surface area contributed by atoms with Crippen LogP contribution < -0.4 is 4.90 Å². The maximum absolute atomic E-state index is 12.0. The van der Waals surface area contributed by atoms with Crippen LogP contribution in [-0.2, 0) is 10.2 Å². The molecule has 6 nitrogen and oxygen atoms in total. The molecule has 7 heteroatoms. The summed E-state index contributed by atoms with van der Waals surface area (Å²) in [4.78, 5) is 13.0. The summed E-state index contributed by atoms with van der Waals surface area (Å²) in [7, 11) is 0. The molecule has 0 bridgehead atoms. The van der Waals surface area contributed by atoms with Crippen molar-refractivity contribution in [3.8, 4) is 6.07 Å². The van der Waals surface area contributed by atoms with Crippen LogP contribution in [-0.4, -0.2) is 22.4 Å². The van der Waals surface area contributed by atoms with E-state index in [2.05, 4.69) is 5.16 Å². The molecule has 1 amide bonds. The second-order valence-corrected chi connectivity index (χ2v) is 6.00. The van der Waals surface area contributed by atoms with Crippen molar-refractivity contribution in [2.45, 2.75) is 39.3 Å². The van der Waals surface area contributed by atoms with Gasteiger partial charge in [0.25, 0.3) is 5.91 Å². The lowest BCUT2D eigenvalue weighted by atomic mass is 9.90. The minimum atomic E-state index is -1.24. The summed E-state index contributed by atoms with van der Waals surface area (Å²) in [6.07, 6.45) is -1.24. The molecule has 0 radical (unpaired) electrons. The van der Waals surface area contributed by atoms with Gasteiger partial charge < -0.3 is 9.63 Å². The number of rotatable bonds is 1. The van der Waals surface area contributed by atoms with E-state index in [9.17, 15) is 15.2 Å². The molecule has 0 aromatic carbocycles. The molecule has 20 heavy (non-hydrogen) atoms. The minimum absolute atomic E-state index is 0.00933. The predicted octanol–water partition coefficient (Wildman–Crippen LogP) is 2.02. The zero-order chi connectivity index (χ0) is 15.2. The SMILES string of the molecule is CC1=C(Cl)C(=O)N(c2noc(C(C)(C)C)c2C#N)C1O. The van der Waals surface area contributed by atoms with Gasteiger partial charge in [-0.1, -0.05) is 37.5 Å². The van der Waals surface area contributed by atoms with Gasteiger partial charge >= 0.3 is 0 Å². The molecular weight excluding hydrogens is 282 g/mol. The predicted molar refractivity (Wildman–Crippen MR) is 72.0 cm³/mol. The van der Waals surface area contributed by atoms with E-state index in [0.717, 1.165) is 4.90 Å². The van der Waals surface area contributed by atoms with Gasteiger partial charge in [-0.05, 0) is 6.92 Å². The zero-order valence-electron chi connectivity index (χ0n) is 11.6. The Morgan fingerprint density at radius 3 is 2.50 bits per heavy atom. The molecule has 0 saturated heterocycles. The van der Waals surface area contributed by atoms with E-state index in [1.54, 1.807) is 6.92 Å². The van der Waals surface area contributed by atoms with Gasteiger partial charge in [0.1, 0.15) is 16.7 Å². The van der Waals surface area contributed by atoms with Gasteiger partial charge in [-0.3, -0.25) is 9.69 Å². The summed E-state index contributed by atoms with van der Waals surface area (Å²) in [6, 6.07) is 1.98. The van der Waals surface area contributed by atoms with Crippen LogP contribution in [0.4, 0.5) is 5.82 Å². The van der Waals surface area contributed by atoms with E-state index in [1.807, 2.05) is 26.8 Å². The second kappa shape index (κ2) is 4.62. The molecule has 2 rings (SSSR count). The molecule has 1 aliphatic heterocycles. The van der Waals surface area contributed by atoms with E-state index >= 15 is 0 Å². The molecule has 1 aromatic rings. The number of hydrogen-bond acceptors (Lipinski definition) is 5. The van der Waals surface area contributed by atoms with Crippen molar-refractivity contribution in [3.63, 3.8) is 0 Å². The number of carbonyl (C=O) groups excluding carboxylic acids is 1. The lowest BCUT2D eigenvalue weighted by molar-refractivity contribution is -0.115. The third kappa shape index (κ3) is 1.99. The van der Waals surface area contributed by atoms with Crippen LogP contribution >= 0.6 is 11.6 Å². The fraction of sp³-hybridized carbons (Fsp3) is 0.462. The summed E-state index contributed by atoms with van der Waals surface area (Å²) in [5.41, 5.74) is 0.000901. The third-order valence-corrected chi connectivity index (χ3v) is 3.54. The van der Waals surface area contributed by atoms with Crippen molar-refractivity contribution in [1.82, 2.24) is 5.16 Å². The summed E-state index contributed by atoms with van der Waals surface area (Å²) >= 11 is 5.83. The van der Waals surface area contributed by atoms with Crippen LogP contribution in [0.15, 0.2) is 15.1 Å². The molecule has 1 aromatic heterocycles. The summed E-state index contributed by atoms with van der Waals surface area (Å²) < 4.78 is 5.19. The van der Waals surface area contributed by atoms with Crippen molar-refractivity contribution >= 4 is 23.3 Å². The van der Waals surface area contributed by atoms with Crippen molar-refractivity contribution in [2.24, 2.45) is 0 Å². The summed E-state index contributed by atoms with van der Waals surface area (Å²) in [5, 5.41) is 23.1. The highest BCUT2D eigenvalue weighted by atomic mass is 35.5. The van der Waals surface area contributed by atoms with Gasteiger partial charge in [-0.25, -0.2) is 0 Å². The monoisotopic (exact) mass is 295 g/mol. The Bertz CT molecular complexity index is 649. The molecule has 0 fully saturated rings. The Morgan fingerprint density at radius 1 is 1.50 bits per heavy atom. The van der Waals surface area contributed by atoms with Gasteiger partial charge in [0.15, 0.2) is 17.8 Å². The van der Waals surface area contributed by atoms with Gasteiger partial charge in [0.05, 0.1) is 0 Å². The Hall–Kier alpha value is -1.84. The number of aliphatic hydroxyl groups excluding tert-OH is 1. The molecule has 2 heterocycles. The molecule has 106 valence electrons. The first kappa shape index (κ1) is 14.6. The number of aromatic nitrogens is 1. The lowest BCUT2D eigenvalue weighted by Gasteiger charge is -2.19. The van der Waals surface area contributed by atoms with E-state index in [-0.39, 0.29) is 16.4 Å². The molecule has 1 aliphatic rings. The number of nitrogens with zero attached hydrogens (tertiary/aromatic N) is 3. The van der Waals surface area contributed by atoms with Crippen molar-refractivity contribution < 1.29 is 14.4 Å². The lowest BCUT2D eigenvalue weighted by Crippen LogP contribution is -2.36. The molecular formula is C13H14ClN3O3. The van der Waals surface area contributed by atoms with Crippen LogP contribution in [0.5, 0.6) is 0 Å². The van der Waals surface area contributed by atoms with Gasteiger partial charge in [-0.2, -0.15) is 5.26 Å². The average Bonchev–Trinajstić information content (AvgIpc) is 2.86. The van der Waals surface area contributed by atoms with E-state index in [1.165, 1.54) is 0 Å².